The minimum atomic E-state index is 0.616. The Labute approximate surface area is 163 Å². The Morgan fingerprint density at radius 2 is 1.81 bits per heavy atom. The molecule has 8 heteroatoms. The number of methoxy groups -OCH3 is 1. The van der Waals surface area contributed by atoms with E-state index in [1.54, 1.807) is 14.2 Å². The van der Waals surface area contributed by atoms with Crippen LogP contribution in [0, 0.1) is 13.8 Å². The molecule has 0 bridgehead atoms. The Hall–Kier alpha value is -1.64. The first-order valence-corrected chi connectivity index (χ1v) is 9.75. The molecule has 1 aromatic heterocycles. The second kappa shape index (κ2) is 14.4. The van der Waals surface area contributed by atoms with Gasteiger partial charge < -0.3 is 24.8 Å². The second-order valence-electron chi connectivity index (χ2n) is 6.30. The second-order valence-corrected chi connectivity index (χ2v) is 6.30. The van der Waals surface area contributed by atoms with E-state index in [9.17, 15) is 0 Å². The van der Waals surface area contributed by atoms with Crippen molar-refractivity contribution in [1.82, 2.24) is 20.4 Å². The summed E-state index contributed by atoms with van der Waals surface area (Å²) in [5.74, 6) is 0.751. The molecular formula is C19H37N5O3. The molecule has 0 aromatic carbocycles. The van der Waals surface area contributed by atoms with Crippen molar-refractivity contribution in [2.75, 3.05) is 53.7 Å². The first-order valence-electron chi connectivity index (χ1n) is 9.75. The van der Waals surface area contributed by atoms with Crippen molar-refractivity contribution in [1.29, 1.82) is 0 Å². The van der Waals surface area contributed by atoms with Crippen molar-refractivity contribution in [3.63, 3.8) is 0 Å². The minimum Gasteiger partial charge on any atom is -0.383 e. The van der Waals surface area contributed by atoms with E-state index in [0.29, 0.717) is 39.5 Å². The van der Waals surface area contributed by atoms with Gasteiger partial charge >= 0.3 is 0 Å². The number of nitrogens with zero attached hydrogens (tertiary/aromatic N) is 3. The molecule has 0 aliphatic heterocycles. The largest absolute Gasteiger partial charge is 0.383 e. The predicted molar refractivity (Wildman–Crippen MR) is 108 cm³/mol. The summed E-state index contributed by atoms with van der Waals surface area (Å²) in [5, 5.41) is 11.2. The van der Waals surface area contributed by atoms with E-state index in [-0.39, 0.29) is 0 Å². The third-order valence-corrected chi connectivity index (χ3v) is 4.25. The standard InChI is InChI=1S/C19H37N5O3/c1-6-7-10-26-13-14-27-11-8-21-19(20-4)22-15-18-16(2)23-24(17(18)3)9-12-25-5/h6-15H2,1-5H3,(H2,20,21,22). The average Bonchev–Trinajstić information content (AvgIpc) is 2.94. The molecule has 0 amide bonds. The maximum Gasteiger partial charge on any atom is 0.191 e. The van der Waals surface area contributed by atoms with Crippen LogP contribution in [0.5, 0.6) is 0 Å². The van der Waals surface area contributed by atoms with E-state index in [1.165, 1.54) is 5.56 Å². The van der Waals surface area contributed by atoms with E-state index in [0.717, 1.165) is 43.3 Å². The van der Waals surface area contributed by atoms with Crippen molar-refractivity contribution < 1.29 is 14.2 Å². The molecule has 27 heavy (non-hydrogen) atoms. The quantitative estimate of drug-likeness (QED) is 0.289. The molecule has 0 atom stereocenters. The zero-order valence-electron chi connectivity index (χ0n) is 17.6. The number of guanidine groups is 1. The summed E-state index contributed by atoms with van der Waals surface area (Å²) in [6.07, 6.45) is 2.26. The fourth-order valence-electron chi connectivity index (χ4n) is 2.59. The molecular weight excluding hydrogens is 346 g/mol. The maximum atomic E-state index is 5.56. The molecule has 0 unspecified atom stereocenters. The number of ether oxygens (including phenoxy) is 3. The Morgan fingerprint density at radius 3 is 2.48 bits per heavy atom. The number of aliphatic imine (C=N–C) groups is 1. The van der Waals surface area contributed by atoms with E-state index in [2.05, 4.69) is 34.6 Å². The third-order valence-electron chi connectivity index (χ3n) is 4.25. The average molecular weight is 384 g/mol. The summed E-state index contributed by atoms with van der Waals surface area (Å²) in [5.41, 5.74) is 3.37. The van der Waals surface area contributed by atoms with Crippen molar-refractivity contribution >= 4 is 5.96 Å². The van der Waals surface area contributed by atoms with Gasteiger partial charge in [-0.05, 0) is 20.3 Å². The van der Waals surface area contributed by atoms with Crippen LogP contribution in [0.25, 0.3) is 0 Å². The van der Waals surface area contributed by atoms with Gasteiger partial charge in [-0.1, -0.05) is 13.3 Å². The molecule has 0 radical (unpaired) electrons. The predicted octanol–water partition coefficient (Wildman–Crippen LogP) is 1.64. The lowest BCUT2D eigenvalue weighted by Gasteiger charge is -2.12. The number of hydrogen-bond acceptors (Lipinski definition) is 5. The van der Waals surface area contributed by atoms with E-state index >= 15 is 0 Å². The molecule has 0 spiro atoms. The fourth-order valence-corrected chi connectivity index (χ4v) is 2.59. The van der Waals surface area contributed by atoms with Gasteiger partial charge in [0.05, 0.1) is 38.7 Å². The lowest BCUT2D eigenvalue weighted by Crippen LogP contribution is -2.38. The number of unbranched alkanes of at least 4 members (excludes halogenated alkanes) is 1. The van der Waals surface area contributed by atoms with Crippen LogP contribution in [-0.2, 0) is 27.3 Å². The Balaban J connectivity index is 2.26. The van der Waals surface area contributed by atoms with Crippen molar-refractivity contribution in [3.05, 3.63) is 17.0 Å². The summed E-state index contributed by atoms with van der Waals surface area (Å²) >= 11 is 0. The number of nitrogens with one attached hydrogen (secondary N) is 2. The van der Waals surface area contributed by atoms with Crippen LogP contribution in [0.3, 0.4) is 0 Å². The highest BCUT2D eigenvalue weighted by Gasteiger charge is 2.11. The van der Waals surface area contributed by atoms with Crippen LogP contribution in [-0.4, -0.2) is 69.5 Å². The van der Waals surface area contributed by atoms with Crippen LogP contribution in [0.1, 0.15) is 36.7 Å². The first kappa shape index (κ1) is 23.4. The molecule has 0 aliphatic carbocycles. The van der Waals surface area contributed by atoms with Crippen molar-refractivity contribution in [3.8, 4) is 0 Å². The topological polar surface area (TPSA) is 81.9 Å². The van der Waals surface area contributed by atoms with Crippen molar-refractivity contribution in [2.45, 2.75) is 46.7 Å². The molecule has 2 N–H and O–H groups in total. The molecule has 0 aliphatic rings. The van der Waals surface area contributed by atoms with Gasteiger partial charge in [0.15, 0.2) is 5.96 Å². The van der Waals surface area contributed by atoms with Gasteiger partial charge in [-0.15, -0.1) is 0 Å². The van der Waals surface area contributed by atoms with Crippen LogP contribution < -0.4 is 10.6 Å². The highest BCUT2D eigenvalue weighted by atomic mass is 16.5. The van der Waals surface area contributed by atoms with Gasteiger partial charge in [0.1, 0.15) is 0 Å². The van der Waals surface area contributed by atoms with Gasteiger partial charge in [0.2, 0.25) is 0 Å². The molecule has 156 valence electrons. The lowest BCUT2D eigenvalue weighted by molar-refractivity contribution is 0.0487. The molecule has 1 rings (SSSR count). The summed E-state index contributed by atoms with van der Waals surface area (Å²) in [4.78, 5) is 4.25. The summed E-state index contributed by atoms with van der Waals surface area (Å²) in [6.45, 7) is 11.8. The van der Waals surface area contributed by atoms with Crippen LogP contribution in [0.15, 0.2) is 4.99 Å². The Kier molecular flexibility index (Phi) is 12.5. The molecule has 0 saturated heterocycles. The van der Waals surface area contributed by atoms with Gasteiger partial charge in [0.25, 0.3) is 0 Å². The van der Waals surface area contributed by atoms with E-state index in [4.69, 9.17) is 14.2 Å². The zero-order valence-corrected chi connectivity index (χ0v) is 17.6. The van der Waals surface area contributed by atoms with Crippen LogP contribution >= 0.6 is 0 Å². The summed E-state index contributed by atoms with van der Waals surface area (Å²) < 4.78 is 18.1. The molecule has 8 nitrogen and oxygen atoms in total. The smallest absolute Gasteiger partial charge is 0.191 e. The number of hydrogen-bond donors (Lipinski definition) is 2. The zero-order chi connectivity index (χ0) is 19.9. The van der Waals surface area contributed by atoms with Gasteiger partial charge in [0, 0.05) is 45.1 Å². The number of aryl methyl sites for hydroxylation is 1. The molecule has 1 heterocycles. The monoisotopic (exact) mass is 383 g/mol. The maximum absolute atomic E-state index is 5.56. The normalized spacial score (nSPS) is 11.8. The minimum absolute atomic E-state index is 0.616. The van der Waals surface area contributed by atoms with E-state index in [1.807, 2.05) is 11.6 Å². The SMILES string of the molecule is CCCCOCCOCCNC(=NC)NCc1c(C)nn(CCOC)c1C. The molecule has 1 aromatic rings. The van der Waals surface area contributed by atoms with E-state index < -0.39 is 0 Å². The van der Waals surface area contributed by atoms with Gasteiger partial charge in [-0.25, -0.2) is 0 Å². The number of rotatable bonds is 14. The fraction of sp³-hybridized carbons (Fsp3) is 0.789. The van der Waals surface area contributed by atoms with Gasteiger partial charge in [-0.3, -0.25) is 9.67 Å². The first-order chi connectivity index (χ1) is 13.1. The molecule has 0 saturated carbocycles. The summed E-state index contributed by atoms with van der Waals surface area (Å²) in [7, 11) is 3.46. The highest BCUT2D eigenvalue weighted by Crippen LogP contribution is 2.12. The number of aromatic nitrogens is 2. The Morgan fingerprint density at radius 1 is 1.07 bits per heavy atom. The lowest BCUT2D eigenvalue weighted by atomic mass is 10.2. The van der Waals surface area contributed by atoms with Gasteiger partial charge in [-0.2, -0.15) is 5.10 Å². The molecule has 0 fully saturated rings. The Bertz CT molecular complexity index is 546. The highest BCUT2D eigenvalue weighted by molar-refractivity contribution is 5.79. The van der Waals surface area contributed by atoms with Crippen LogP contribution in [0.2, 0.25) is 0 Å². The third kappa shape index (κ3) is 9.21. The van der Waals surface area contributed by atoms with Crippen LogP contribution in [0.4, 0.5) is 0 Å². The van der Waals surface area contributed by atoms with Crippen molar-refractivity contribution in [2.24, 2.45) is 4.99 Å². The summed E-state index contributed by atoms with van der Waals surface area (Å²) in [6, 6.07) is 0.